The molecule has 0 saturated heterocycles. The van der Waals surface area contributed by atoms with Gasteiger partial charge in [-0.2, -0.15) is 0 Å². The van der Waals surface area contributed by atoms with E-state index in [2.05, 4.69) is 6.92 Å². The monoisotopic (exact) mass is 251 g/mol. The van der Waals surface area contributed by atoms with Gasteiger partial charge in [0.05, 0.1) is 11.1 Å². The molecular weight excluding hydrogens is 238 g/mol. The first kappa shape index (κ1) is 12.0. The maximum atomic E-state index is 11.2. The van der Waals surface area contributed by atoms with Crippen molar-refractivity contribution in [2.24, 2.45) is 0 Å². The van der Waals surface area contributed by atoms with E-state index >= 15 is 0 Å². The van der Waals surface area contributed by atoms with Crippen LogP contribution < -0.4 is 0 Å². The van der Waals surface area contributed by atoms with Crippen molar-refractivity contribution in [1.82, 2.24) is 4.57 Å². The van der Waals surface area contributed by atoms with Crippen molar-refractivity contribution in [1.29, 1.82) is 0 Å². The molecule has 0 saturated carbocycles. The molecule has 0 atom stereocenters. The summed E-state index contributed by atoms with van der Waals surface area (Å²) in [6.07, 6.45) is 2.64. The Kier molecular flexibility index (Phi) is 3.11. The molecule has 1 N–H and O–H groups in total. The van der Waals surface area contributed by atoms with Crippen molar-refractivity contribution in [2.75, 3.05) is 0 Å². The number of nitrogens with zero attached hydrogens (tertiary/aromatic N) is 1. The third-order valence-electron chi connectivity index (χ3n) is 2.86. The normalized spacial score (nSPS) is 11.0. The molecule has 0 radical (unpaired) electrons. The van der Waals surface area contributed by atoms with Crippen LogP contribution in [0.3, 0.4) is 0 Å². The number of halogens is 1. The highest BCUT2D eigenvalue weighted by Crippen LogP contribution is 2.28. The van der Waals surface area contributed by atoms with Crippen molar-refractivity contribution >= 4 is 28.5 Å². The van der Waals surface area contributed by atoms with E-state index in [1.807, 2.05) is 23.6 Å². The van der Waals surface area contributed by atoms with Crippen LogP contribution in [0.1, 0.15) is 29.3 Å². The molecule has 90 valence electrons. The van der Waals surface area contributed by atoms with E-state index in [4.69, 9.17) is 11.6 Å². The molecule has 0 aliphatic rings. The lowest BCUT2D eigenvalue weighted by atomic mass is 10.1. The van der Waals surface area contributed by atoms with Gasteiger partial charge in [0.15, 0.2) is 0 Å². The summed E-state index contributed by atoms with van der Waals surface area (Å²) in [7, 11) is 0. The second kappa shape index (κ2) is 4.41. The molecule has 2 aromatic rings. The number of rotatable bonds is 3. The van der Waals surface area contributed by atoms with Crippen LogP contribution in [-0.4, -0.2) is 15.6 Å². The maximum Gasteiger partial charge on any atom is 0.337 e. The smallest absolute Gasteiger partial charge is 0.337 e. The van der Waals surface area contributed by atoms with Crippen LogP contribution in [0, 0.1) is 6.92 Å². The highest BCUT2D eigenvalue weighted by Gasteiger charge is 2.15. The Morgan fingerprint density at radius 3 is 2.76 bits per heavy atom. The average molecular weight is 252 g/mol. The summed E-state index contributed by atoms with van der Waals surface area (Å²) in [5.41, 5.74) is 2.13. The van der Waals surface area contributed by atoms with E-state index in [1.165, 1.54) is 0 Å². The number of carbonyl (C=O) groups is 1. The van der Waals surface area contributed by atoms with Gasteiger partial charge in [-0.1, -0.05) is 18.5 Å². The summed E-state index contributed by atoms with van der Waals surface area (Å²) in [6, 6.07) is 3.68. The zero-order valence-corrected chi connectivity index (χ0v) is 10.6. The topological polar surface area (TPSA) is 42.2 Å². The number of aryl methyl sites for hydroxylation is 2. The van der Waals surface area contributed by atoms with Crippen molar-refractivity contribution < 1.29 is 9.90 Å². The van der Waals surface area contributed by atoms with E-state index in [-0.39, 0.29) is 0 Å². The molecule has 0 spiro atoms. The van der Waals surface area contributed by atoms with Crippen molar-refractivity contribution in [2.45, 2.75) is 26.8 Å². The standard InChI is InChI=1S/C13H14ClNO2/c1-3-4-15-7-10(13(16)17)9-5-8(2)11(14)6-12(9)15/h5-7H,3-4H2,1-2H3,(H,16,17). The van der Waals surface area contributed by atoms with Gasteiger partial charge in [0.1, 0.15) is 0 Å². The third-order valence-corrected chi connectivity index (χ3v) is 3.26. The Bertz CT molecular complexity index is 587. The number of fused-ring (bicyclic) bond motifs is 1. The van der Waals surface area contributed by atoms with Crippen molar-refractivity contribution in [3.8, 4) is 0 Å². The first-order valence-electron chi connectivity index (χ1n) is 5.57. The zero-order valence-electron chi connectivity index (χ0n) is 9.83. The lowest BCUT2D eigenvalue weighted by molar-refractivity contribution is 0.0699. The molecule has 17 heavy (non-hydrogen) atoms. The Morgan fingerprint density at radius 2 is 2.18 bits per heavy atom. The maximum absolute atomic E-state index is 11.2. The Morgan fingerprint density at radius 1 is 1.47 bits per heavy atom. The van der Waals surface area contributed by atoms with E-state index in [1.54, 1.807) is 6.20 Å². The van der Waals surface area contributed by atoms with Gasteiger partial charge in [0.2, 0.25) is 0 Å². The van der Waals surface area contributed by atoms with Gasteiger partial charge < -0.3 is 9.67 Å². The number of carboxylic acids is 1. The Labute approximate surface area is 105 Å². The lowest BCUT2D eigenvalue weighted by Crippen LogP contribution is -1.96. The van der Waals surface area contributed by atoms with Crippen LogP contribution in [-0.2, 0) is 6.54 Å². The first-order chi connectivity index (χ1) is 8.04. The second-order valence-corrected chi connectivity index (χ2v) is 4.57. The summed E-state index contributed by atoms with van der Waals surface area (Å²) in [6.45, 7) is 4.73. The summed E-state index contributed by atoms with van der Waals surface area (Å²) >= 11 is 6.09. The van der Waals surface area contributed by atoms with Gasteiger partial charge in [0, 0.05) is 23.2 Å². The highest BCUT2D eigenvalue weighted by molar-refractivity contribution is 6.32. The van der Waals surface area contributed by atoms with E-state index in [9.17, 15) is 9.90 Å². The average Bonchev–Trinajstić information content (AvgIpc) is 2.59. The largest absolute Gasteiger partial charge is 0.478 e. The fourth-order valence-corrected chi connectivity index (χ4v) is 2.17. The number of hydrogen-bond acceptors (Lipinski definition) is 1. The molecule has 1 aromatic carbocycles. The number of aromatic carboxylic acids is 1. The van der Waals surface area contributed by atoms with Crippen LogP contribution >= 0.6 is 11.6 Å². The van der Waals surface area contributed by atoms with Gasteiger partial charge in [-0.25, -0.2) is 4.79 Å². The summed E-state index contributed by atoms with van der Waals surface area (Å²) in [5.74, 6) is -0.897. The van der Waals surface area contributed by atoms with Gasteiger partial charge in [0.25, 0.3) is 0 Å². The predicted octanol–water partition coefficient (Wildman–Crippen LogP) is 3.71. The minimum absolute atomic E-state index is 0.341. The van der Waals surface area contributed by atoms with Crippen molar-refractivity contribution in [3.63, 3.8) is 0 Å². The fraction of sp³-hybridized carbons (Fsp3) is 0.308. The van der Waals surface area contributed by atoms with Gasteiger partial charge in [-0.05, 0) is 31.0 Å². The molecule has 0 aliphatic heterocycles. The van der Waals surface area contributed by atoms with Gasteiger partial charge in [-0.3, -0.25) is 0 Å². The molecule has 4 heteroatoms. The molecule has 0 unspecified atom stereocenters. The predicted molar refractivity (Wildman–Crippen MR) is 68.9 cm³/mol. The van der Waals surface area contributed by atoms with Crippen LogP contribution in [0.2, 0.25) is 5.02 Å². The molecule has 1 heterocycles. The second-order valence-electron chi connectivity index (χ2n) is 4.16. The molecule has 0 aliphatic carbocycles. The minimum Gasteiger partial charge on any atom is -0.478 e. The molecule has 2 rings (SSSR count). The fourth-order valence-electron chi connectivity index (χ4n) is 2.02. The van der Waals surface area contributed by atoms with Crippen LogP contribution in [0.5, 0.6) is 0 Å². The van der Waals surface area contributed by atoms with Crippen molar-refractivity contribution in [3.05, 3.63) is 34.5 Å². The van der Waals surface area contributed by atoms with Gasteiger partial charge in [-0.15, -0.1) is 0 Å². The zero-order chi connectivity index (χ0) is 12.6. The Balaban J connectivity index is 2.76. The number of benzene rings is 1. The summed E-state index contributed by atoms with van der Waals surface area (Å²) < 4.78 is 1.95. The quantitative estimate of drug-likeness (QED) is 0.904. The number of hydrogen-bond donors (Lipinski definition) is 1. The van der Waals surface area contributed by atoms with Crippen LogP contribution in [0.4, 0.5) is 0 Å². The minimum atomic E-state index is -0.897. The molecule has 0 amide bonds. The SMILES string of the molecule is CCCn1cc(C(=O)O)c2cc(C)c(Cl)cc21. The molecule has 1 aromatic heterocycles. The summed E-state index contributed by atoms with van der Waals surface area (Å²) in [4.78, 5) is 11.2. The highest BCUT2D eigenvalue weighted by atomic mass is 35.5. The first-order valence-corrected chi connectivity index (χ1v) is 5.94. The lowest BCUT2D eigenvalue weighted by Gasteiger charge is -2.04. The molecule has 0 fully saturated rings. The van der Waals surface area contributed by atoms with E-state index in [0.717, 1.165) is 29.4 Å². The van der Waals surface area contributed by atoms with Crippen LogP contribution in [0.25, 0.3) is 10.9 Å². The summed E-state index contributed by atoms with van der Waals surface area (Å²) in [5, 5.41) is 10.6. The third kappa shape index (κ3) is 2.03. The van der Waals surface area contributed by atoms with Gasteiger partial charge >= 0.3 is 5.97 Å². The molecule has 3 nitrogen and oxygen atoms in total. The van der Waals surface area contributed by atoms with Crippen LogP contribution in [0.15, 0.2) is 18.3 Å². The number of carboxylic acid groups (broad SMARTS) is 1. The molecule has 0 bridgehead atoms. The molecular formula is C13H14ClNO2. The Hall–Kier alpha value is -1.48. The van der Waals surface area contributed by atoms with E-state index in [0.29, 0.717) is 10.6 Å². The van der Waals surface area contributed by atoms with E-state index < -0.39 is 5.97 Å². The number of aromatic nitrogens is 1.